The van der Waals surface area contributed by atoms with Crippen LogP contribution in [-0.4, -0.2) is 34.9 Å². The maximum Gasteiger partial charge on any atom is 0.426 e. The van der Waals surface area contributed by atoms with Crippen LogP contribution in [0.4, 0.5) is 18.0 Å². The molecular formula is C10H13F3N2O5. The standard InChI is InChI=1S/C10H13F3N2O5/c1-9(2,3)20-8(19)15-14-7(18)5(4-6(16)17)10(11,12)13/h4H,1-3H3,(H,14,18)(H,15,19)(H,16,17). The van der Waals surface area contributed by atoms with E-state index in [1.165, 1.54) is 26.2 Å². The first-order valence-electron chi connectivity index (χ1n) is 5.14. The van der Waals surface area contributed by atoms with E-state index in [4.69, 9.17) is 5.11 Å². The van der Waals surface area contributed by atoms with Crippen molar-refractivity contribution in [2.75, 3.05) is 0 Å². The summed E-state index contributed by atoms with van der Waals surface area (Å²) in [5.74, 6) is -3.78. The summed E-state index contributed by atoms with van der Waals surface area (Å²) in [7, 11) is 0. The van der Waals surface area contributed by atoms with Gasteiger partial charge in [0.1, 0.15) is 11.2 Å². The van der Waals surface area contributed by atoms with Gasteiger partial charge in [-0.2, -0.15) is 13.2 Å². The summed E-state index contributed by atoms with van der Waals surface area (Å²) in [5, 5.41) is 8.26. The molecule has 0 heterocycles. The van der Waals surface area contributed by atoms with Gasteiger partial charge in [0.25, 0.3) is 5.91 Å². The first kappa shape index (κ1) is 17.7. The number of halogens is 3. The van der Waals surface area contributed by atoms with Crippen LogP contribution in [0.1, 0.15) is 20.8 Å². The molecule has 10 heteroatoms. The molecule has 0 rings (SSSR count). The Balaban J connectivity index is 4.74. The molecule has 0 fully saturated rings. The minimum absolute atomic E-state index is 0.313. The van der Waals surface area contributed by atoms with Gasteiger partial charge >= 0.3 is 18.2 Å². The number of rotatable bonds is 2. The first-order chi connectivity index (χ1) is 8.83. The highest BCUT2D eigenvalue weighted by atomic mass is 19.4. The Morgan fingerprint density at radius 2 is 1.60 bits per heavy atom. The van der Waals surface area contributed by atoms with E-state index in [-0.39, 0.29) is 6.08 Å². The van der Waals surface area contributed by atoms with Gasteiger partial charge in [-0.3, -0.25) is 10.2 Å². The maximum atomic E-state index is 12.4. The van der Waals surface area contributed by atoms with Crippen molar-refractivity contribution in [2.24, 2.45) is 0 Å². The van der Waals surface area contributed by atoms with Crippen molar-refractivity contribution in [1.82, 2.24) is 10.9 Å². The predicted molar refractivity (Wildman–Crippen MR) is 59.3 cm³/mol. The van der Waals surface area contributed by atoms with Crippen LogP contribution in [-0.2, 0) is 14.3 Å². The third-order valence-corrected chi connectivity index (χ3v) is 1.49. The van der Waals surface area contributed by atoms with Crippen molar-refractivity contribution in [3.05, 3.63) is 11.6 Å². The van der Waals surface area contributed by atoms with Crippen molar-refractivity contribution in [2.45, 2.75) is 32.5 Å². The van der Waals surface area contributed by atoms with Crippen LogP contribution >= 0.6 is 0 Å². The van der Waals surface area contributed by atoms with E-state index >= 15 is 0 Å². The SMILES string of the molecule is CC(C)(C)OC(=O)NNC(=O)C(=CC(=O)O)C(F)(F)F. The normalized spacial score (nSPS) is 12.6. The van der Waals surface area contributed by atoms with Crippen LogP contribution in [0.2, 0.25) is 0 Å². The fraction of sp³-hybridized carbons (Fsp3) is 0.500. The molecule has 0 saturated carbocycles. The molecule has 0 aliphatic heterocycles. The number of hydrogen-bond donors (Lipinski definition) is 3. The molecule has 0 aromatic carbocycles. The van der Waals surface area contributed by atoms with Crippen LogP contribution in [0.5, 0.6) is 0 Å². The van der Waals surface area contributed by atoms with Crippen molar-refractivity contribution in [3.63, 3.8) is 0 Å². The molecule has 2 amide bonds. The Bertz CT molecular complexity index is 437. The number of aliphatic carboxylic acids is 1. The first-order valence-corrected chi connectivity index (χ1v) is 5.14. The van der Waals surface area contributed by atoms with Crippen LogP contribution < -0.4 is 10.9 Å². The maximum absolute atomic E-state index is 12.4. The topological polar surface area (TPSA) is 105 Å². The van der Waals surface area contributed by atoms with Crippen molar-refractivity contribution < 1.29 is 37.4 Å². The Hall–Kier alpha value is -2.26. The second kappa shape index (κ2) is 6.26. The molecule has 114 valence electrons. The molecule has 3 N–H and O–H groups in total. The third-order valence-electron chi connectivity index (χ3n) is 1.49. The highest BCUT2D eigenvalue weighted by Gasteiger charge is 2.39. The minimum atomic E-state index is -5.18. The molecule has 0 unspecified atom stereocenters. The quantitative estimate of drug-likeness (QED) is 0.523. The van der Waals surface area contributed by atoms with Crippen molar-refractivity contribution >= 4 is 18.0 Å². The molecule has 0 saturated heterocycles. The van der Waals surface area contributed by atoms with E-state index in [0.29, 0.717) is 0 Å². The average Bonchev–Trinajstić information content (AvgIpc) is 2.18. The van der Waals surface area contributed by atoms with E-state index in [2.05, 4.69) is 4.74 Å². The lowest BCUT2D eigenvalue weighted by atomic mass is 10.2. The van der Waals surface area contributed by atoms with Gasteiger partial charge < -0.3 is 9.84 Å². The number of carbonyl (C=O) groups excluding carboxylic acids is 2. The van der Waals surface area contributed by atoms with E-state index in [0.717, 1.165) is 0 Å². The van der Waals surface area contributed by atoms with Gasteiger partial charge in [-0.25, -0.2) is 15.0 Å². The molecule has 20 heavy (non-hydrogen) atoms. The van der Waals surface area contributed by atoms with Gasteiger partial charge in [-0.15, -0.1) is 0 Å². The second-order valence-corrected chi connectivity index (χ2v) is 4.48. The molecule has 0 aliphatic carbocycles. The third kappa shape index (κ3) is 7.24. The predicted octanol–water partition coefficient (Wildman–Crippen LogP) is 1.12. The van der Waals surface area contributed by atoms with Crippen LogP contribution in [0.3, 0.4) is 0 Å². The largest absolute Gasteiger partial charge is 0.478 e. The van der Waals surface area contributed by atoms with Gasteiger partial charge in [0.05, 0.1) is 0 Å². The Morgan fingerprint density at radius 3 is 1.95 bits per heavy atom. The average molecular weight is 298 g/mol. The fourth-order valence-electron chi connectivity index (χ4n) is 0.878. The van der Waals surface area contributed by atoms with Gasteiger partial charge in [0, 0.05) is 6.08 Å². The zero-order chi connectivity index (χ0) is 16.1. The Kier molecular flexibility index (Phi) is 5.55. The summed E-state index contributed by atoms with van der Waals surface area (Å²) in [4.78, 5) is 32.5. The molecule has 0 spiro atoms. The number of carboxylic acid groups (broad SMARTS) is 1. The van der Waals surface area contributed by atoms with E-state index in [1.807, 2.05) is 0 Å². The monoisotopic (exact) mass is 298 g/mol. The molecular weight excluding hydrogens is 285 g/mol. The Labute approximate surface area is 111 Å². The van der Waals surface area contributed by atoms with Crippen LogP contribution in [0.15, 0.2) is 11.6 Å². The summed E-state index contributed by atoms with van der Waals surface area (Å²) < 4.78 is 41.8. The number of carboxylic acids is 1. The second-order valence-electron chi connectivity index (χ2n) is 4.48. The highest BCUT2D eigenvalue weighted by Crippen LogP contribution is 2.25. The summed E-state index contributed by atoms with van der Waals surface area (Å²) in [6.07, 6.45) is -6.69. The molecule has 7 nitrogen and oxygen atoms in total. The van der Waals surface area contributed by atoms with Gasteiger partial charge in [-0.05, 0) is 20.8 Å². The summed E-state index contributed by atoms with van der Waals surface area (Å²) in [6, 6.07) is 0. The molecule has 0 radical (unpaired) electrons. The van der Waals surface area contributed by atoms with E-state index < -0.39 is 35.3 Å². The van der Waals surface area contributed by atoms with Gasteiger partial charge in [0.15, 0.2) is 0 Å². The number of nitrogens with one attached hydrogen (secondary N) is 2. The van der Waals surface area contributed by atoms with E-state index in [1.54, 1.807) is 5.43 Å². The number of hydrazine groups is 1. The lowest BCUT2D eigenvalue weighted by Crippen LogP contribution is -2.46. The summed E-state index contributed by atoms with van der Waals surface area (Å²) >= 11 is 0. The zero-order valence-corrected chi connectivity index (χ0v) is 10.8. The van der Waals surface area contributed by atoms with Crippen molar-refractivity contribution in [3.8, 4) is 0 Å². The highest BCUT2D eigenvalue weighted by molar-refractivity contribution is 6.00. The molecule has 0 aliphatic rings. The number of amides is 2. The fourth-order valence-corrected chi connectivity index (χ4v) is 0.878. The smallest absolute Gasteiger partial charge is 0.426 e. The molecule has 0 aromatic rings. The van der Waals surface area contributed by atoms with Gasteiger partial charge in [0.2, 0.25) is 0 Å². The number of hydrogen-bond acceptors (Lipinski definition) is 4. The van der Waals surface area contributed by atoms with Crippen LogP contribution in [0.25, 0.3) is 0 Å². The van der Waals surface area contributed by atoms with Crippen molar-refractivity contribution in [1.29, 1.82) is 0 Å². The van der Waals surface area contributed by atoms with Gasteiger partial charge in [-0.1, -0.05) is 0 Å². The minimum Gasteiger partial charge on any atom is -0.478 e. The number of alkyl halides is 3. The lowest BCUT2D eigenvalue weighted by Gasteiger charge is -2.20. The molecule has 0 bridgehead atoms. The lowest BCUT2D eigenvalue weighted by molar-refractivity contribution is -0.137. The zero-order valence-electron chi connectivity index (χ0n) is 10.8. The van der Waals surface area contributed by atoms with E-state index in [9.17, 15) is 27.6 Å². The summed E-state index contributed by atoms with van der Waals surface area (Å²) in [6.45, 7) is 4.50. The number of ether oxygens (including phenoxy) is 1. The summed E-state index contributed by atoms with van der Waals surface area (Å²) in [5.41, 5.74) is 0.0829. The Morgan fingerprint density at radius 1 is 1.10 bits per heavy atom. The number of carbonyl (C=O) groups is 3. The molecule has 0 atom stereocenters. The molecule has 0 aromatic heterocycles. The van der Waals surface area contributed by atoms with Crippen LogP contribution in [0, 0.1) is 0 Å².